The molecule has 120 valence electrons. The van der Waals surface area contributed by atoms with E-state index >= 15 is 0 Å². The summed E-state index contributed by atoms with van der Waals surface area (Å²) in [6, 6.07) is 2.64. The van der Waals surface area contributed by atoms with E-state index in [4.69, 9.17) is 4.52 Å². The third-order valence-electron chi connectivity index (χ3n) is 3.95. The maximum Gasteiger partial charge on any atom is 0.151 e. The fourth-order valence-electron chi connectivity index (χ4n) is 2.73. The summed E-state index contributed by atoms with van der Waals surface area (Å²) in [6.45, 7) is 13.8. The summed E-state index contributed by atoms with van der Waals surface area (Å²) in [6.07, 6.45) is 1.22. The maximum absolute atomic E-state index is 5.50. The normalized spacial score (nSPS) is 22.4. The van der Waals surface area contributed by atoms with Crippen LogP contribution in [0.4, 0.5) is 0 Å². The van der Waals surface area contributed by atoms with Crippen LogP contribution in [0.3, 0.4) is 0 Å². The molecule has 21 heavy (non-hydrogen) atoms. The predicted molar refractivity (Wildman–Crippen MR) is 85.1 cm³/mol. The zero-order valence-electron chi connectivity index (χ0n) is 14.1. The van der Waals surface area contributed by atoms with Crippen molar-refractivity contribution in [3.63, 3.8) is 0 Å². The van der Waals surface area contributed by atoms with Crippen molar-refractivity contribution < 1.29 is 4.52 Å². The van der Waals surface area contributed by atoms with Crippen molar-refractivity contribution in [3.8, 4) is 0 Å². The molecule has 0 saturated carbocycles. The summed E-state index contributed by atoms with van der Waals surface area (Å²) >= 11 is 0. The molecular formula is C16H30N4O. The summed E-state index contributed by atoms with van der Waals surface area (Å²) < 4.78 is 5.50. The molecular weight excluding hydrogens is 264 g/mol. The van der Waals surface area contributed by atoms with Gasteiger partial charge in [-0.25, -0.2) is 0 Å². The van der Waals surface area contributed by atoms with E-state index in [0.29, 0.717) is 6.04 Å². The van der Waals surface area contributed by atoms with Gasteiger partial charge in [0.15, 0.2) is 5.76 Å². The Balaban J connectivity index is 1.89. The molecule has 5 nitrogen and oxygen atoms in total. The van der Waals surface area contributed by atoms with Crippen LogP contribution in [-0.4, -0.2) is 53.2 Å². The number of hydrogen-bond donors (Lipinski definition) is 1. The standard InChI is InChI=1S/C16H30N4O/c1-13-11-19(5)7-6-8-20(13)12-15-9-14(18-21-15)10-17-16(2,3)4/h9,13,17H,6-8,10-12H2,1-5H3. The van der Waals surface area contributed by atoms with Crippen molar-refractivity contribution in [2.45, 2.75) is 58.8 Å². The van der Waals surface area contributed by atoms with Crippen molar-refractivity contribution in [2.24, 2.45) is 0 Å². The molecule has 1 aliphatic heterocycles. The van der Waals surface area contributed by atoms with E-state index in [1.807, 2.05) is 0 Å². The van der Waals surface area contributed by atoms with Crippen molar-refractivity contribution in [2.75, 3.05) is 26.7 Å². The van der Waals surface area contributed by atoms with Crippen LogP contribution < -0.4 is 5.32 Å². The fraction of sp³-hybridized carbons (Fsp3) is 0.812. The number of likely N-dealkylation sites (N-methyl/N-ethyl adjacent to an activating group) is 1. The molecule has 0 spiro atoms. The highest BCUT2D eigenvalue weighted by molar-refractivity contribution is 5.06. The second-order valence-electron chi connectivity index (χ2n) is 7.32. The second kappa shape index (κ2) is 6.90. The number of aromatic nitrogens is 1. The summed E-state index contributed by atoms with van der Waals surface area (Å²) in [5.41, 5.74) is 1.09. The molecule has 1 aliphatic rings. The largest absolute Gasteiger partial charge is 0.360 e. The Bertz CT molecular complexity index is 438. The number of nitrogens with zero attached hydrogens (tertiary/aromatic N) is 3. The Morgan fingerprint density at radius 2 is 2.14 bits per heavy atom. The minimum atomic E-state index is 0.100. The molecule has 1 fully saturated rings. The van der Waals surface area contributed by atoms with Gasteiger partial charge >= 0.3 is 0 Å². The van der Waals surface area contributed by atoms with Crippen LogP contribution >= 0.6 is 0 Å². The molecule has 1 aromatic rings. The fourth-order valence-corrected chi connectivity index (χ4v) is 2.73. The van der Waals surface area contributed by atoms with Crippen LogP contribution in [0.25, 0.3) is 0 Å². The van der Waals surface area contributed by atoms with Crippen molar-refractivity contribution in [1.29, 1.82) is 0 Å². The lowest BCUT2D eigenvalue weighted by Crippen LogP contribution is -2.37. The first-order chi connectivity index (χ1) is 9.83. The van der Waals surface area contributed by atoms with E-state index in [1.165, 1.54) is 13.0 Å². The zero-order valence-corrected chi connectivity index (χ0v) is 14.1. The molecule has 2 rings (SSSR count). The lowest BCUT2D eigenvalue weighted by molar-refractivity contribution is 0.175. The van der Waals surface area contributed by atoms with Crippen molar-refractivity contribution in [1.82, 2.24) is 20.3 Å². The Labute approximate surface area is 128 Å². The Morgan fingerprint density at radius 1 is 1.38 bits per heavy atom. The first-order valence-corrected chi connectivity index (χ1v) is 7.95. The quantitative estimate of drug-likeness (QED) is 0.921. The Morgan fingerprint density at radius 3 is 2.86 bits per heavy atom. The predicted octanol–water partition coefficient (Wildman–Crippen LogP) is 2.09. The van der Waals surface area contributed by atoms with Gasteiger partial charge in [-0.1, -0.05) is 5.16 Å². The number of hydrogen-bond acceptors (Lipinski definition) is 5. The van der Waals surface area contributed by atoms with Crippen LogP contribution in [-0.2, 0) is 13.1 Å². The van der Waals surface area contributed by atoms with Gasteiger partial charge in [-0.2, -0.15) is 0 Å². The van der Waals surface area contributed by atoms with Crippen LogP contribution in [0.1, 0.15) is 45.6 Å². The average Bonchev–Trinajstić information content (AvgIpc) is 2.75. The van der Waals surface area contributed by atoms with Gasteiger partial charge in [0.2, 0.25) is 0 Å². The van der Waals surface area contributed by atoms with E-state index in [1.54, 1.807) is 0 Å². The lowest BCUT2D eigenvalue weighted by atomic mass is 10.1. The smallest absolute Gasteiger partial charge is 0.151 e. The van der Waals surface area contributed by atoms with Gasteiger partial charge in [-0.15, -0.1) is 0 Å². The molecule has 0 aromatic carbocycles. The van der Waals surface area contributed by atoms with Gasteiger partial charge in [-0.3, -0.25) is 4.90 Å². The lowest BCUT2D eigenvalue weighted by Gasteiger charge is -2.26. The molecule has 2 heterocycles. The summed E-state index contributed by atoms with van der Waals surface area (Å²) in [7, 11) is 2.20. The highest BCUT2D eigenvalue weighted by Crippen LogP contribution is 2.14. The summed E-state index contributed by atoms with van der Waals surface area (Å²) in [5, 5.41) is 7.61. The molecule has 1 saturated heterocycles. The van der Waals surface area contributed by atoms with Gasteiger partial charge in [0.1, 0.15) is 0 Å². The minimum Gasteiger partial charge on any atom is -0.360 e. The van der Waals surface area contributed by atoms with E-state index in [0.717, 1.165) is 37.6 Å². The van der Waals surface area contributed by atoms with Gasteiger partial charge in [-0.05, 0) is 47.7 Å². The van der Waals surface area contributed by atoms with Crippen LogP contribution in [0.5, 0.6) is 0 Å². The SMILES string of the molecule is CC1CN(C)CCCN1Cc1cc(CNC(C)(C)C)no1. The third kappa shape index (κ3) is 5.41. The molecule has 0 bridgehead atoms. The van der Waals surface area contributed by atoms with Crippen LogP contribution in [0.2, 0.25) is 0 Å². The zero-order chi connectivity index (χ0) is 15.5. The highest BCUT2D eigenvalue weighted by Gasteiger charge is 2.21. The number of rotatable bonds is 4. The van der Waals surface area contributed by atoms with Crippen LogP contribution in [0, 0.1) is 0 Å². The molecule has 5 heteroatoms. The van der Waals surface area contributed by atoms with E-state index in [2.05, 4.69) is 61.1 Å². The van der Waals surface area contributed by atoms with Gasteiger partial charge < -0.3 is 14.7 Å². The van der Waals surface area contributed by atoms with Crippen molar-refractivity contribution >= 4 is 0 Å². The summed E-state index contributed by atoms with van der Waals surface area (Å²) in [4.78, 5) is 4.90. The summed E-state index contributed by atoms with van der Waals surface area (Å²) in [5.74, 6) is 0.970. The molecule has 1 aromatic heterocycles. The van der Waals surface area contributed by atoms with Gasteiger partial charge in [0, 0.05) is 37.3 Å². The van der Waals surface area contributed by atoms with Crippen molar-refractivity contribution in [3.05, 3.63) is 17.5 Å². The van der Waals surface area contributed by atoms with E-state index in [9.17, 15) is 0 Å². The monoisotopic (exact) mass is 294 g/mol. The molecule has 1 atom stereocenters. The average molecular weight is 294 g/mol. The molecule has 1 unspecified atom stereocenters. The first-order valence-electron chi connectivity index (χ1n) is 7.95. The highest BCUT2D eigenvalue weighted by atomic mass is 16.5. The topological polar surface area (TPSA) is 44.5 Å². The Hall–Kier alpha value is -0.910. The van der Waals surface area contributed by atoms with Gasteiger partial charge in [0.25, 0.3) is 0 Å². The Kier molecular flexibility index (Phi) is 5.41. The van der Waals surface area contributed by atoms with E-state index in [-0.39, 0.29) is 5.54 Å². The van der Waals surface area contributed by atoms with Crippen LogP contribution in [0.15, 0.2) is 10.6 Å². The molecule has 1 N–H and O–H groups in total. The number of nitrogens with one attached hydrogen (secondary N) is 1. The third-order valence-corrected chi connectivity index (χ3v) is 3.95. The molecule has 0 aliphatic carbocycles. The first kappa shape index (κ1) is 16.5. The van der Waals surface area contributed by atoms with Gasteiger partial charge in [0.05, 0.1) is 12.2 Å². The minimum absolute atomic E-state index is 0.100. The van der Waals surface area contributed by atoms with E-state index < -0.39 is 0 Å². The maximum atomic E-state index is 5.50. The second-order valence-corrected chi connectivity index (χ2v) is 7.32. The molecule has 0 amide bonds. The molecule has 0 radical (unpaired) electrons.